The molecule has 0 atom stereocenters. The number of hydrogen-bond donors (Lipinski definition) is 2. The van der Waals surface area contributed by atoms with Gasteiger partial charge in [-0.25, -0.2) is 8.42 Å². The molecule has 2 aromatic rings. The number of rotatable bonds is 3. The van der Waals surface area contributed by atoms with Gasteiger partial charge in [0.1, 0.15) is 5.82 Å². The Bertz CT molecular complexity index is 713. The van der Waals surface area contributed by atoms with Gasteiger partial charge in [0.25, 0.3) is 10.0 Å². The number of H-pyrrole nitrogens is 1. The number of nitrogens with zero attached hydrogens (tertiary/aromatic N) is 2. The first-order chi connectivity index (χ1) is 8.53. The highest BCUT2D eigenvalue weighted by molar-refractivity contribution is 7.92. The van der Waals surface area contributed by atoms with Crippen LogP contribution in [0.2, 0.25) is 0 Å². The average molecular weight is 262 g/mol. The Morgan fingerprint density at radius 1 is 1.44 bits per heavy atom. The molecule has 0 fully saturated rings. The van der Waals surface area contributed by atoms with Crippen molar-refractivity contribution in [3.8, 4) is 6.07 Å². The number of nitriles is 1. The maximum atomic E-state index is 12.1. The predicted octanol–water partition coefficient (Wildman–Crippen LogP) is 1.39. The maximum absolute atomic E-state index is 12.1. The van der Waals surface area contributed by atoms with Gasteiger partial charge in [-0.15, -0.1) is 0 Å². The normalized spacial score (nSPS) is 10.9. The van der Waals surface area contributed by atoms with Gasteiger partial charge in [0.15, 0.2) is 0 Å². The number of sulfonamides is 1. The summed E-state index contributed by atoms with van der Waals surface area (Å²) in [4.78, 5) is 0.0375. The average Bonchev–Trinajstić information content (AvgIpc) is 2.74. The van der Waals surface area contributed by atoms with Gasteiger partial charge < -0.3 is 0 Å². The molecule has 0 aliphatic carbocycles. The molecular formula is C11H10N4O2S. The summed E-state index contributed by atoms with van der Waals surface area (Å²) in [6.45, 7) is 1.73. The van der Waals surface area contributed by atoms with E-state index in [0.717, 1.165) is 0 Å². The van der Waals surface area contributed by atoms with Crippen molar-refractivity contribution in [2.75, 3.05) is 4.72 Å². The van der Waals surface area contributed by atoms with Gasteiger partial charge in [0.05, 0.1) is 22.7 Å². The third-order valence-corrected chi connectivity index (χ3v) is 3.69. The molecule has 0 unspecified atom stereocenters. The molecule has 0 bridgehead atoms. The zero-order valence-electron chi connectivity index (χ0n) is 9.51. The van der Waals surface area contributed by atoms with Crippen molar-refractivity contribution in [1.82, 2.24) is 10.2 Å². The van der Waals surface area contributed by atoms with Gasteiger partial charge in [0, 0.05) is 5.56 Å². The second-order valence-electron chi connectivity index (χ2n) is 3.67. The molecule has 92 valence electrons. The summed E-state index contributed by atoms with van der Waals surface area (Å²) in [5, 5.41) is 15.0. The molecule has 2 N–H and O–H groups in total. The van der Waals surface area contributed by atoms with Crippen LogP contribution in [0, 0.1) is 18.3 Å². The van der Waals surface area contributed by atoms with Crippen LogP contribution < -0.4 is 4.72 Å². The first kappa shape index (κ1) is 12.1. The molecule has 1 aromatic carbocycles. The number of aromatic amines is 1. The monoisotopic (exact) mass is 262 g/mol. The fourth-order valence-electron chi connectivity index (χ4n) is 1.38. The zero-order valence-corrected chi connectivity index (χ0v) is 10.3. The van der Waals surface area contributed by atoms with Crippen molar-refractivity contribution in [2.24, 2.45) is 0 Å². The lowest BCUT2D eigenvalue weighted by molar-refractivity contribution is 0.601. The Morgan fingerprint density at radius 3 is 2.83 bits per heavy atom. The van der Waals surface area contributed by atoms with Gasteiger partial charge in [0.2, 0.25) is 0 Å². The van der Waals surface area contributed by atoms with E-state index in [1.54, 1.807) is 13.0 Å². The van der Waals surface area contributed by atoms with Crippen LogP contribution in [0.5, 0.6) is 0 Å². The van der Waals surface area contributed by atoms with E-state index in [1.165, 1.54) is 24.4 Å². The molecule has 0 aliphatic heterocycles. The van der Waals surface area contributed by atoms with Crippen LogP contribution in [0.25, 0.3) is 0 Å². The molecule has 0 spiro atoms. The summed E-state index contributed by atoms with van der Waals surface area (Å²) in [6, 6.07) is 7.70. The van der Waals surface area contributed by atoms with Crippen LogP contribution in [0.1, 0.15) is 11.1 Å². The first-order valence-corrected chi connectivity index (χ1v) is 6.54. The van der Waals surface area contributed by atoms with E-state index in [1.807, 2.05) is 6.07 Å². The third kappa shape index (κ3) is 2.33. The van der Waals surface area contributed by atoms with E-state index < -0.39 is 10.0 Å². The standard InChI is InChI=1S/C11H10N4O2S/c1-8-7-13-14-11(8)15-18(16,17)10-4-2-3-9(5-10)6-12/h2-5,7H,1H3,(H2,13,14,15). The van der Waals surface area contributed by atoms with Crippen molar-refractivity contribution < 1.29 is 8.42 Å². The SMILES string of the molecule is Cc1cn[nH]c1NS(=O)(=O)c1cccc(C#N)c1. The highest BCUT2D eigenvalue weighted by Crippen LogP contribution is 2.17. The minimum absolute atomic E-state index is 0.0375. The quantitative estimate of drug-likeness (QED) is 0.873. The lowest BCUT2D eigenvalue weighted by Gasteiger charge is -2.06. The number of nitrogens with one attached hydrogen (secondary N) is 2. The highest BCUT2D eigenvalue weighted by Gasteiger charge is 2.16. The lowest BCUT2D eigenvalue weighted by Crippen LogP contribution is -2.14. The molecule has 18 heavy (non-hydrogen) atoms. The van der Waals surface area contributed by atoms with Crippen LogP contribution in [-0.2, 0) is 10.0 Å². The number of anilines is 1. The number of aromatic nitrogens is 2. The van der Waals surface area contributed by atoms with Gasteiger partial charge in [-0.2, -0.15) is 10.4 Å². The summed E-state index contributed by atoms with van der Waals surface area (Å²) < 4.78 is 26.5. The second-order valence-corrected chi connectivity index (χ2v) is 5.36. The topological polar surface area (TPSA) is 98.6 Å². The molecule has 1 heterocycles. The van der Waals surface area contributed by atoms with Crippen molar-refractivity contribution in [2.45, 2.75) is 11.8 Å². The molecule has 0 radical (unpaired) electrons. The van der Waals surface area contributed by atoms with Crippen LogP contribution >= 0.6 is 0 Å². The number of benzene rings is 1. The summed E-state index contributed by atoms with van der Waals surface area (Å²) in [5.74, 6) is 0.317. The van der Waals surface area contributed by atoms with Crippen molar-refractivity contribution in [3.05, 3.63) is 41.6 Å². The van der Waals surface area contributed by atoms with Gasteiger partial charge >= 0.3 is 0 Å². The summed E-state index contributed by atoms with van der Waals surface area (Å²) in [7, 11) is -3.71. The summed E-state index contributed by atoms with van der Waals surface area (Å²) in [5.41, 5.74) is 0.981. The van der Waals surface area contributed by atoms with Crippen LogP contribution in [0.3, 0.4) is 0 Å². The van der Waals surface area contributed by atoms with Gasteiger partial charge in [-0.1, -0.05) is 6.07 Å². The molecule has 1 aromatic heterocycles. The summed E-state index contributed by atoms with van der Waals surface area (Å²) in [6.07, 6.45) is 1.52. The third-order valence-electron chi connectivity index (χ3n) is 2.34. The predicted molar refractivity (Wildman–Crippen MR) is 65.3 cm³/mol. The largest absolute Gasteiger partial charge is 0.264 e. The fourth-order valence-corrected chi connectivity index (χ4v) is 2.51. The van der Waals surface area contributed by atoms with Crippen LogP contribution in [-0.4, -0.2) is 18.6 Å². The first-order valence-electron chi connectivity index (χ1n) is 5.06. The number of hydrogen-bond acceptors (Lipinski definition) is 4. The zero-order chi connectivity index (χ0) is 13.2. The number of aryl methyl sites for hydroxylation is 1. The molecule has 0 aliphatic rings. The highest BCUT2D eigenvalue weighted by atomic mass is 32.2. The van der Waals surface area contributed by atoms with E-state index in [9.17, 15) is 8.42 Å². The molecule has 6 nitrogen and oxygen atoms in total. The second kappa shape index (κ2) is 4.50. The van der Waals surface area contributed by atoms with Crippen molar-refractivity contribution in [3.63, 3.8) is 0 Å². The summed E-state index contributed by atoms with van der Waals surface area (Å²) >= 11 is 0. The van der Waals surface area contributed by atoms with Crippen LogP contribution in [0.15, 0.2) is 35.4 Å². The Labute approximate surface area is 104 Å². The molecule has 0 saturated heterocycles. The van der Waals surface area contributed by atoms with Crippen molar-refractivity contribution >= 4 is 15.8 Å². The molecule has 0 saturated carbocycles. The van der Waals surface area contributed by atoms with Gasteiger partial charge in [-0.3, -0.25) is 9.82 Å². The Kier molecular flexibility index (Phi) is 3.04. The molecular weight excluding hydrogens is 252 g/mol. The Balaban J connectivity index is 2.37. The van der Waals surface area contributed by atoms with E-state index in [-0.39, 0.29) is 4.90 Å². The van der Waals surface area contributed by atoms with E-state index in [0.29, 0.717) is 16.9 Å². The van der Waals surface area contributed by atoms with E-state index in [2.05, 4.69) is 14.9 Å². The lowest BCUT2D eigenvalue weighted by atomic mass is 10.2. The smallest absolute Gasteiger partial charge is 0.263 e. The van der Waals surface area contributed by atoms with Gasteiger partial charge in [-0.05, 0) is 25.1 Å². The maximum Gasteiger partial charge on any atom is 0.263 e. The molecule has 7 heteroatoms. The van der Waals surface area contributed by atoms with E-state index in [4.69, 9.17) is 5.26 Å². The van der Waals surface area contributed by atoms with Crippen molar-refractivity contribution in [1.29, 1.82) is 5.26 Å². The minimum atomic E-state index is -3.71. The van der Waals surface area contributed by atoms with E-state index >= 15 is 0 Å². The van der Waals surface area contributed by atoms with Crippen LogP contribution in [0.4, 0.5) is 5.82 Å². The fraction of sp³-hybridized carbons (Fsp3) is 0.0909. The Morgan fingerprint density at radius 2 is 2.22 bits per heavy atom. The molecule has 0 amide bonds. The molecule has 2 rings (SSSR count). The Hall–Kier alpha value is -2.33. The minimum Gasteiger partial charge on any atom is -0.264 e.